The molecule has 180 valence electrons. The van der Waals surface area contributed by atoms with Crippen LogP contribution in [0.4, 0.5) is 0 Å². The topological polar surface area (TPSA) is 70.1 Å². The number of carbonyl (C=O) groups is 2. The molecule has 1 fully saturated rings. The van der Waals surface area contributed by atoms with E-state index in [1.807, 2.05) is 79.7 Å². The van der Waals surface area contributed by atoms with Crippen LogP contribution >= 0.6 is 0 Å². The van der Waals surface area contributed by atoms with Gasteiger partial charge >= 0.3 is 0 Å². The van der Waals surface area contributed by atoms with E-state index >= 15 is 0 Å². The van der Waals surface area contributed by atoms with Crippen LogP contribution < -0.4 is 4.74 Å². The molecule has 0 aromatic heterocycles. The lowest BCUT2D eigenvalue weighted by Gasteiger charge is -2.26. The van der Waals surface area contributed by atoms with Crippen molar-refractivity contribution < 1.29 is 19.4 Å². The smallest absolute Gasteiger partial charge is 0.295 e. The predicted octanol–water partition coefficient (Wildman–Crippen LogP) is 4.64. The van der Waals surface area contributed by atoms with E-state index in [1.54, 1.807) is 29.2 Å². The van der Waals surface area contributed by atoms with Crippen LogP contribution in [0.5, 0.6) is 5.75 Å². The van der Waals surface area contributed by atoms with Crippen LogP contribution in [-0.4, -0.2) is 53.8 Å². The van der Waals surface area contributed by atoms with E-state index in [0.29, 0.717) is 24.5 Å². The highest BCUT2D eigenvalue weighted by Gasteiger charge is 2.45. The van der Waals surface area contributed by atoms with Gasteiger partial charge in [-0.25, -0.2) is 0 Å². The van der Waals surface area contributed by atoms with Crippen molar-refractivity contribution in [2.75, 3.05) is 27.2 Å². The van der Waals surface area contributed by atoms with Crippen molar-refractivity contribution in [3.63, 3.8) is 0 Å². The molecular formula is C29H30N2O4. The Labute approximate surface area is 206 Å². The first-order chi connectivity index (χ1) is 17.0. The quantitative estimate of drug-likeness (QED) is 0.280. The van der Waals surface area contributed by atoms with Crippen LogP contribution in [0.1, 0.15) is 29.2 Å². The average molecular weight is 471 g/mol. The molecule has 35 heavy (non-hydrogen) atoms. The number of benzene rings is 3. The fourth-order valence-electron chi connectivity index (χ4n) is 4.26. The van der Waals surface area contributed by atoms with Gasteiger partial charge in [-0.1, -0.05) is 60.7 Å². The number of amides is 1. The van der Waals surface area contributed by atoms with Gasteiger partial charge in [-0.3, -0.25) is 9.59 Å². The van der Waals surface area contributed by atoms with Gasteiger partial charge in [0.1, 0.15) is 18.1 Å². The molecule has 0 aliphatic carbocycles. The van der Waals surface area contributed by atoms with Gasteiger partial charge in [-0.15, -0.1) is 0 Å². The number of hydrogen-bond donors (Lipinski definition) is 1. The van der Waals surface area contributed by atoms with Gasteiger partial charge in [0, 0.05) is 12.1 Å². The molecule has 1 atom stereocenters. The summed E-state index contributed by atoms with van der Waals surface area (Å²) in [5, 5.41) is 11.2. The number of ether oxygens (including phenoxy) is 1. The van der Waals surface area contributed by atoms with Crippen molar-refractivity contribution >= 4 is 17.4 Å². The highest BCUT2D eigenvalue weighted by Crippen LogP contribution is 2.39. The van der Waals surface area contributed by atoms with Gasteiger partial charge in [-0.05, 0) is 62.5 Å². The minimum atomic E-state index is -0.661. The highest BCUT2D eigenvalue weighted by molar-refractivity contribution is 6.46. The Morgan fingerprint density at radius 2 is 1.54 bits per heavy atom. The maximum Gasteiger partial charge on any atom is 0.295 e. The molecule has 0 bridgehead atoms. The number of ketones is 1. The Morgan fingerprint density at radius 3 is 2.17 bits per heavy atom. The number of Topliss-reactive ketones (excluding diaryl/α,β-unsaturated/α-hetero) is 1. The summed E-state index contributed by atoms with van der Waals surface area (Å²) in [4.78, 5) is 29.7. The monoisotopic (exact) mass is 470 g/mol. The fourth-order valence-corrected chi connectivity index (χ4v) is 4.26. The Kier molecular flexibility index (Phi) is 7.63. The maximum atomic E-state index is 13.1. The summed E-state index contributed by atoms with van der Waals surface area (Å²) < 4.78 is 5.83. The second-order valence-electron chi connectivity index (χ2n) is 8.86. The molecule has 4 rings (SSSR count). The number of likely N-dealkylation sites (tertiary alicyclic amines) is 1. The molecule has 1 unspecified atom stereocenters. The Hall–Kier alpha value is -3.90. The molecule has 1 N–H and O–H groups in total. The van der Waals surface area contributed by atoms with Gasteiger partial charge in [0.15, 0.2) is 0 Å². The van der Waals surface area contributed by atoms with E-state index in [0.717, 1.165) is 24.1 Å². The second-order valence-corrected chi connectivity index (χ2v) is 8.86. The second kappa shape index (κ2) is 11.0. The Balaban J connectivity index is 1.61. The molecule has 1 aliphatic heterocycles. The van der Waals surface area contributed by atoms with Crippen LogP contribution in [-0.2, 0) is 16.2 Å². The predicted molar refractivity (Wildman–Crippen MR) is 136 cm³/mol. The van der Waals surface area contributed by atoms with Crippen molar-refractivity contribution in [3.05, 3.63) is 107 Å². The van der Waals surface area contributed by atoms with E-state index in [2.05, 4.69) is 0 Å². The Morgan fingerprint density at radius 1 is 0.914 bits per heavy atom. The lowest BCUT2D eigenvalue weighted by atomic mass is 9.95. The minimum absolute atomic E-state index is 0.115. The van der Waals surface area contributed by atoms with Crippen molar-refractivity contribution in [1.29, 1.82) is 0 Å². The fraction of sp³-hybridized carbons (Fsp3) is 0.241. The van der Waals surface area contributed by atoms with Crippen LogP contribution in [0.3, 0.4) is 0 Å². The van der Waals surface area contributed by atoms with Crippen molar-refractivity contribution in [2.24, 2.45) is 0 Å². The van der Waals surface area contributed by atoms with Gasteiger partial charge in [0.05, 0.1) is 11.6 Å². The molecule has 3 aromatic carbocycles. The zero-order chi connectivity index (χ0) is 24.8. The van der Waals surface area contributed by atoms with Crippen molar-refractivity contribution in [2.45, 2.75) is 19.1 Å². The number of aliphatic hydroxyl groups excluding tert-OH is 1. The Bertz CT molecular complexity index is 1190. The van der Waals surface area contributed by atoms with Gasteiger partial charge in [0.2, 0.25) is 0 Å². The largest absolute Gasteiger partial charge is 0.507 e. The maximum absolute atomic E-state index is 13.1. The molecule has 1 aliphatic rings. The third-order valence-corrected chi connectivity index (χ3v) is 6.04. The molecular weight excluding hydrogens is 440 g/mol. The molecule has 3 aromatic rings. The third-order valence-electron chi connectivity index (χ3n) is 6.04. The van der Waals surface area contributed by atoms with Crippen LogP contribution in [0.25, 0.3) is 5.76 Å². The summed E-state index contributed by atoms with van der Waals surface area (Å²) in [7, 11) is 3.94. The normalized spacial score (nSPS) is 17.2. The molecule has 0 spiro atoms. The third kappa shape index (κ3) is 5.61. The first kappa shape index (κ1) is 24.2. The molecule has 1 heterocycles. The van der Waals surface area contributed by atoms with E-state index in [1.165, 1.54) is 0 Å². The molecule has 6 nitrogen and oxygen atoms in total. The summed E-state index contributed by atoms with van der Waals surface area (Å²) in [5.74, 6) is -0.774. The van der Waals surface area contributed by atoms with Gasteiger partial charge < -0.3 is 19.6 Å². The molecule has 1 amide bonds. The van der Waals surface area contributed by atoms with Gasteiger partial charge in [-0.2, -0.15) is 0 Å². The summed E-state index contributed by atoms with van der Waals surface area (Å²) in [5.41, 5.74) is 2.42. The summed E-state index contributed by atoms with van der Waals surface area (Å²) in [6.07, 6.45) is 0.719. The summed E-state index contributed by atoms with van der Waals surface area (Å²) in [6.45, 7) is 1.64. The average Bonchev–Trinajstić information content (AvgIpc) is 3.13. The zero-order valence-corrected chi connectivity index (χ0v) is 20.1. The van der Waals surface area contributed by atoms with Crippen LogP contribution in [0, 0.1) is 0 Å². The highest BCUT2D eigenvalue weighted by atomic mass is 16.5. The number of rotatable bonds is 9. The molecule has 6 heteroatoms. The first-order valence-corrected chi connectivity index (χ1v) is 11.7. The van der Waals surface area contributed by atoms with E-state index < -0.39 is 17.7 Å². The SMILES string of the molecule is CN(C)CCCN1C(=O)C(=O)/C(=C(/O)c2ccc(OCc3ccccc3)cc2)C1c1ccccc1. The first-order valence-electron chi connectivity index (χ1n) is 11.7. The summed E-state index contributed by atoms with van der Waals surface area (Å²) in [6, 6.07) is 25.5. The van der Waals surface area contributed by atoms with Crippen LogP contribution in [0.15, 0.2) is 90.5 Å². The van der Waals surface area contributed by atoms with Crippen LogP contribution in [0.2, 0.25) is 0 Å². The number of aliphatic hydroxyl groups is 1. The zero-order valence-electron chi connectivity index (χ0n) is 20.1. The number of nitrogens with zero attached hydrogens (tertiary/aromatic N) is 2. The molecule has 0 radical (unpaired) electrons. The van der Waals surface area contributed by atoms with Crippen molar-refractivity contribution in [1.82, 2.24) is 9.80 Å². The van der Waals surface area contributed by atoms with E-state index in [9.17, 15) is 14.7 Å². The minimum Gasteiger partial charge on any atom is -0.507 e. The van der Waals surface area contributed by atoms with E-state index in [-0.39, 0.29) is 11.3 Å². The molecule has 0 saturated carbocycles. The van der Waals surface area contributed by atoms with E-state index in [4.69, 9.17) is 4.74 Å². The van der Waals surface area contributed by atoms with Crippen molar-refractivity contribution in [3.8, 4) is 5.75 Å². The number of hydrogen-bond acceptors (Lipinski definition) is 5. The lowest BCUT2D eigenvalue weighted by molar-refractivity contribution is -0.139. The van der Waals surface area contributed by atoms with Gasteiger partial charge in [0.25, 0.3) is 11.7 Å². The summed E-state index contributed by atoms with van der Waals surface area (Å²) >= 11 is 0. The standard InChI is InChI=1S/C29H30N2O4/c1-30(2)18-9-19-31-26(22-12-7-4-8-13-22)25(28(33)29(31)34)27(32)23-14-16-24(17-15-23)35-20-21-10-5-3-6-11-21/h3-8,10-17,26,32H,9,18-20H2,1-2H3/b27-25+. The molecule has 1 saturated heterocycles. The number of carbonyl (C=O) groups excluding carboxylic acids is 2. The lowest BCUT2D eigenvalue weighted by Crippen LogP contribution is -2.32.